The summed E-state index contributed by atoms with van der Waals surface area (Å²) in [6.45, 7) is 2.03. The van der Waals surface area contributed by atoms with Crippen LogP contribution < -0.4 is 0 Å². The van der Waals surface area contributed by atoms with Crippen molar-refractivity contribution in [2.75, 3.05) is 0 Å². The molecule has 0 saturated heterocycles. The van der Waals surface area contributed by atoms with Crippen molar-refractivity contribution in [3.05, 3.63) is 63.9 Å². The van der Waals surface area contributed by atoms with Crippen molar-refractivity contribution in [3.63, 3.8) is 0 Å². The van der Waals surface area contributed by atoms with Gasteiger partial charge in [-0.2, -0.15) is 0 Å². The minimum Gasteiger partial charge on any atom is -0.247 e. The first kappa shape index (κ1) is 10.9. The van der Waals surface area contributed by atoms with Gasteiger partial charge < -0.3 is 0 Å². The Bertz CT molecular complexity index is 550. The quantitative estimate of drug-likeness (QED) is 0.668. The van der Waals surface area contributed by atoms with Crippen LogP contribution in [0.1, 0.15) is 16.8 Å². The fourth-order valence-corrected chi connectivity index (χ4v) is 1.48. The van der Waals surface area contributed by atoms with Gasteiger partial charge in [-0.15, -0.1) is 0 Å². The molecule has 2 aromatic rings. The van der Waals surface area contributed by atoms with E-state index in [1.54, 1.807) is 6.20 Å². The van der Waals surface area contributed by atoms with Gasteiger partial charge in [-0.05, 0) is 52.5 Å². The van der Waals surface area contributed by atoms with Gasteiger partial charge in [0.15, 0.2) is 0 Å². The predicted octanol–water partition coefficient (Wildman–Crippen LogP) is 3.55. The van der Waals surface area contributed by atoms with Crippen LogP contribution in [0.25, 0.3) is 0 Å². The molecule has 0 atom stereocenters. The Labute approximate surface area is 104 Å². The number of rotatable bonds is 0. The first-order chi connectivity index (χ1) is 7.75. The summed E-state index contributed by atoms with van der Waals surface area (Å²) < 4.78 is 1.01. The SMILES string of the molecule is Cc1cc(C#Cc2ccccc2)ncc1Br. The first-order valence-electron chi connectivity index (χ1n) is 4.95. The van der Waals surface area contributed by atoms with Crippen LogP contribution in [0.15, 0.2) is 47.1 Å². The maximum absolute atomic E-state index is 4.23. The molecule has 0 spiro atoms. The Hall–Kier alpha value is -1.59. The molecule has 0 aliphatic heterocycles. The number of nitrogens with zero attached hydrogens (tertiary/aromatic N) is 1. The standard InChI is InChI=1S/C14H10BrN/c1-11-9-13(16-10-14(11)15)8-7-12-5-3-2-4-6-12/h2-6,9-10H,1H3. The molecule has 2 heteroatoms. The van der Waals surface area contributed by atoms with Crippen molar-refractivity contribution < 1.29 is 0 Å². The minimum absolute atomic E-state index is 0.796. The number of aromatic nitrogens is 1. The Kier molecular flexibility index (Phi) is 3.38. The van der Waals surface area contributed by atoms with E-state index in [-0.39, 0.29) is 0 Å². The molecule has 0 amide bonds. The van der Waals surface area contributed by atoms with Gasteiger partial charge in [0, 0.05) is 16.2 Å². The number of aryl methyl sites for hydroxylation is 1. The van der Waals surface area contributed by atoms with E-state index in [1.165, 1.54) is 0 Å². The van der Waals surface area contributed by atoms with Crippen LogP contribution in [0.5, 0.6) is 0 Å². The van der Waals surface area contributed by atoms with Crippen LogP contribution in [0, 0.1) is 18.8 Å². The number of hydrogen-bond acceptors (Lipinski definition) is 1. The Morgan fingerprint density at radius 3 is 2.56 bits per heavy atom. The summed E-state index contributed by atoms with van der Waals surface area (Å²) >= 11 is 3.41. The second-order valence-corrected chi connectivity index (χ2v) is 4.29. The molecule has 1 heterocycles. The predicted molar refractivity (Wildman–Crippen MR) is 69.1 cm³/mol. The number of benzene rings is 1. The lowest BCUT2D eigenvalue weighted by Crippen LogP contribution is -1.85. The Balaban J connectivity index is 2.28. The van der Waals surface area contributed by atoms with E-state index in [9.17, 15) is 0 Å². The van der Waals surface area contributed by atoms with Crippen molar-refractivity contribution in [3.8, 4) is 11.8 Å². The van der Waals surface area contributed by atoms with Crippen LogP contribution in [0.2, 0.25) is 0 Å². The highest BCUT2D eigenvalue weighted by Gasteiger charge is 1.95. The van der Waals surface area contributed by atoms with E-state index >= 15 is 0 Å². The molecular formula is C14H10BrN. The topological polar surface area (TPSA) is 12.9 Å². The van der Waals surface area contributed by atoms with E-state index in [1.807, 2.05) is 43.3 Å². The average molecular weight is 272 g/mol. The van der Waals surface area contributed by atoms with Crippen LogP contribution in [-0.4, -0.2) is 4.98 Å². The van der Waals surface area contributed by atoms with Gasteiger partial charge >= 0.3 is 0 Å². The zero-order valence-electron chi connectivity index (χ0n) is 8.87. The van der Waals surface area contributed by atoms with Gasteiger partial charge in [0.1, 0.15) is 5.69 Å². The Morgan fingerprint density at radius 1 is 1.12 bits per heavy atom. The lowest BCUT2D eigenvalue weighted by molar-refractivity contribution is 1.23. The fourth-order valence-electron chi connectivity index (χ4n) is 1.27. The smallest absolute Gasteiger partial charge is 0.113 e. The lowest BCUT2D eigenvalue weighted by Gasteiger charge is -1.96. The van der Waals surface area contributed by atoms with E-state index in [4.69, 9.17) is 0 Å². The first-order valence-corrected chi connectivity index (χ1v) is 5.74. The molecule has 1 nitrogen and oxygen atoms in total. The number of pyridine rings is 1. The number of hydrogen-bond donors (Lipinski definition) is 0. The summed E-state index contributed by atoms with van der Waals surface area (Å²) in [5, 5.41) is 0. The Morgan fingerprint density at radius 2 is 1.88 bits per heavy atom. The molecule has 0 radical (unpaired) electrons. The van der Waals surface area contributed by atoms with Crippen LogP contribution in [0.3, 0.4) is 0 Å². The second-order valence-electron chi connectivity index (χ2n) is 3.43. The monoisotopic (exact) mass is 271 g/mol. The average Bonchev–Trinajstić information content (AvgIpc) is 2.32. The van der Waals surface area contributed by atoms with E-state index in [0.29, 0.717) is 0 Å². The summed E-state index contributed by atoms with van der Waals surface area (Å²) in [5.74, 6) is 6.13. The van der Waals surface area contributed by atoms with E-state index < -0.39 is 0 Å². The molecule has 0 aliphatic carbocycles. The highest BCUT2D eigenvalue weighted by atomic mass is 79.9. The molecule has 0 N–H and O–H groups in total. The third kappa shape index (κ3) is 2.71. The van der Waals surface area contributed by atoms with E-state index in [0.717, 1.165) is 21.3 Å². The lowest BCUT2D eigenvalue weighted by atomic mass is 10.2. The van der Waals surface area contributed by atoms with Crippen LogP contribution in [-0.2, 0) is 0 Å². The van der Waals surface area contributed by atoms with Gasteiger partial charge in [0.05, 0.1) is 0 Å². The molecule has 16 heavy (non-hydrogen) atoms. The zero-order chi connectivity index (χ0) is 11.4. The van der Waals surface area contributed by atoms with Gasteiger partial charge in [0.25, 0.3) is 0 Å². The normalized spacial score (nSPS) is 9.38. The van der Waals surface area contributed by atoms with Crippen molar-refractivity contribution in [2.24, 2.45) is 0 Å². The zero-order valence-corrected chi connectivity index (χ0v) is 10.5. The third-order valence-corrected chi connectivity index (χ3v) is 2.99. The second kappa shape index (κ2) is 4.96. The molecule has 0 bridgehead atoms. The molecule has 1 aromatic heterocycles. The number of halogens is 1. The maximum Gasteiger partial charge on any atom is 0.113 e. The van der Waals surface area contributed by atoms with Crippen molar-refractivity contribution >= 4 is 15.9 Å². The summed E-state index contributed by atoms with van der Waals surface area (Å²) in [7, 11) is 0. The summed E-state index contributed by atoms with van der Waals surface area (Å²) in [6, 6.07) is 11.9. The van der Waals surface area contributed by atoms with Crippen LogP contribution in [0.4, 0.5) is 0 Å². The van der Waals surface area contributed by atoms with Crippen molar-refractivity contribution in [1.82, 2.24) is 4.98 Å². The summed E-state index contributed by atoms with van der Waals surface area (Å²) in [4.78, 5) is 4.23. The van der Waals surface area contributed by atoms with Crippen LogP contribution >= 0.6 is 15.9 Å². The highest BCUT2D eigenvalue weighted by molar-refractivity contribution is 9.10. The molecule has 1 aromatic carbocycles. The molecule has 78 valence electrons. The minimum atomic E-state index is 0.796. The maximum atomic E-state index is 4.23. The molecule has 0 unspecified atom stereocenters. The van der Waals surface area contributed by atoms with Gasteiger partial charge in [-0.1, -0.05) is 24.1 Å². The fraction of sp³-hybridized carbons (Fsp3) is 0.0714. The van der Waals surface area contributed by atoms with Gasteiger partial charge in [-0.25, -0.2) is 4.98 Å². The largest absolute Gasteiger partial charge is 0.247 e. The molecule has 2 rings (SSSR count). The third-order valence-electron chi connectivity index (χ3n) is 2.16. The van der Waals surface area contributed by atoms with Gasteiger partial charge in [-0.3, -0.25) is 0 Å². The van der Waals surface area contributed by atoms with Crippen molar-refractivity contribution in [2.45, 2.75) is 6.92 Å². The molecule has 0 aliphatic rings. The van der Waals surface area contributed by atoms with Gasteiger partial charge in [0.2, 0.25) is 0 Å². The molecular weight excluding hydrogens is 262 g/mol. The highest BCUT2D eigenvalue weighted by Crippen LogP contribution is 2.14. The van der Waals surface area contributed by atoms with E-state index in [2.05, 4.69) is 32.8 Å². The summed E-state index contributed by atoms with van der Waals surface area (Å²) in [6.07, 6.45) is 1.78. The molecule has 0 saturated carbocycles. The molecule has 0 fully saturated rings. The van der Waals surface area contributed by atoms with Crippen molar-refractivity contribution in [1.29, 1.82) is 0 Å². The summed E-state index contributed by atoms with van der Waals surface area (Å²) in [5.41, 5.74) is 2.95.